The van der Waals surface area contributed by atoms with Crippen molar-refractivity contribution >= 4 is 35.5 Å². The number of ether oxygens (including phenoxy) is 1. The van der Waals surface area contributed by atoms with Crippen LogP contribution in [0.25, 0.3) is 11.1 Å². The van der Waals surface area contributed by atoms with E-state index in [-0.39, 0.29) is 42.0 Å². The highest BCUT2D eigenvalue weighted by molar-refractivity contribution is 7.90. The summed E-state index contributed by atoms with van der Waals surface area (Å²) in [7, 11) is -4.58. The summed E-state index contributed by atoms with van der Waals surface area (Å²) in [6.07, 6.45) is 5.78. The van der Waals surface area contributed by atoms with E-state index in [1.807, 2.05) is 6.92 Å². The van der Waals surface area contributed by atoms with Gasteiger partial charge in [0.1, 0.15) is 28.1 Å². The first-order valence-electron chi connectivity index (χ1n) is 16.1. The highest BCUT2D eigenvalue weighted by Gasteiger charge is 2.37. The van der Waals surface area contributed by atoms with Gasteiger partial charge in [-0.2, -0.15) is 14.6 Å². The van der Waals surface area contributed by atoms with E-state index in [2.05, 4.69) is 47.1 Å². The predicted molar refractivity (Wildman–Crippen MR) is 182 cm³/mol. The largest absolute Gasteiger partial charge is 0.364 e. The molecule has 1 aliphatic rings. The van der Waals surface area contributed by atoms with Gasteiger partial charge in [0, 0.05) is 43.3 Å². The van der Waals surface area contributed by atoms with Crippen LogP contribution < -0.4 is 11.1 Å². The first-order chi connectivity index (χ1) is 21.9. The van der Waals surface area contributed by atoms with Crippen LogP contribution in [-0.4, -0.2) is 71.5 Å². The van der Waals surface area contributed by atoms with Crippen molar-refractivity contribution in [2.75, 3.05) is 23.9 Å². The molecule has 1 fully saturated rings. The summed E-state index contributed by atoms with van der Waals surface area (Å²) in [4.78, 5) is 30.7. The molecule has 0 radical (unpaired) electrons. The van der Waals surface area contributed by atoms with Crippen LogP contribution in [0.5, 0.6) is 0 Å². The van der Waals surface area contributed by atoms with E-state index in [0.29, 0.717) is 29.3 Å². The van der Waals surface area contributed by atoms with Crippen molar-refractivity contribution in [2.24, 2.45) is 17.6 Å². The smallest absolute Gasteiger partial charge is 0.267 e. The summed E-state index contributed by atoms with van der Waals surface area (Å²) in [6.45, 7) is 13.5. The molecular formula is C32H48FN7O5SSi. The monoisotopic (exact) mass is 689 g/mol. The molecule has 1 aliphatic carbocycles. The van der Waals surface area contributed by atoms with Gasteiger partial charge in [0.25, 0.3) is 5.91 Å². The Bertz CT molecular complexity index is 1710. The number of rotatable bonds is 14. The SMILES string of the molecule is Cc1nn(COCC[Si](C)(C)C)c(C)c1-c1ccc(NC(=O)[C@H](c2cnn(CCS(C)(=O)=O)c2C(N)=O)C2CCC(C)CC2)nc1F. The van der Waals surface area contributed by atoms with Crippen LogP contribution in [-0.2, 0) is 32.6 Å². The molecule has 0 spiro atoms. The van der Waals surface area contributed by atoms with Crippen LogP contribution in [0.4, 0.5) is 10.2 Å². The van der Waals surface area contributed by atoms with E-state index in [9.17, 15) is 18.0 Å². The molecule has 0 bridgehead atoms. The van der Waals surface area contributed by atoms with Crippen LogP contribution in [0.3, 0.4) is 0 Å². The fourth-order valence-electron chi connectivity index (χ4n) is 6.18. The maximum absolute atomic E-state index is 15.6. The number of nitrogens with one attached hydrogen (secondary N) is 1. The van der Waals surface area contributed by atoms with E-state index in [1.165, 1.54) is 10.9 Å². The molecule has 3 aromatic heterocycles. The molecule has 258 valence electrons. The summed E-state index contributed by atoms with van der Waals surface area (Å²) in [5.41, 5.74) is 8.32. The maximum Gasteiger partial charge on any atom is 0.267 e. The molecule has 1 saturated carbocycles. The molecule has 4 rings (SSSR count). The Labute approximate surface area is 277 Å². The standard InChI is InChI=1S/C32H48FN7O5SSi/c1-20-8-10-23(11-9-20)28(25-18-35-39(29(25)31(34)41)14-16-46(4,43)44)32(42)37-26-13-12-24(30(33)36-26)27-21(2)38-40(22(27)3)19-45-15-17-47(5,6)7/h12-13,18,20,23,28H,8-11,14-17,19H2,1-7H3,(H2,34,41)(H,36,37,42)/t20?,23?,28-/m0/s1. The molecule has 2 amide bonds. The minimum atomic E-state index is -3.35. The Morgan fingerprint density at radius 1 is 1.15 bits per heavy atom. The quantitative estimate of drug-likeness (QED) is 0.137. The molecule has 0 aliphatic heterocycles. The van der Waals surface area contributed by atoms with Gasteiger partial charge in [0.15, 0.2) is 0 Å². The van der Waals surface area contributed by atoms with Gasteiger partial charge in [-0.3, -0.25) is 14.3 Å². The van der Waals surface area contributed by atoms with Gasteiger partial charge in [0.05, 0.1) is 30.1 Å². The summed E-state index contributed by atoms with van der Waals surface area (Å²) in [5.74, 6) is -2.73. The molecule has 0 saturated heterocycles. The molecule has 1 atom stereocenters. The van der Waals surface area contributed by atoms with Crippen molar-refractivity contribution in [3.05, 3.63) is 46.9 Å². The van der Waals surface area contributed by atoms with Crippen molar-refractivity contribution in [3.63, 3.8) is 0 Å². The van der Waals surface area contributed by atoms with Gasteiger partial charge in [-0.1, -0.05) is 39.4 Å². The van der Waals surface area contributed by atoms with Gasteiger partial charge >= 0.3 is 0 Å². The summed E-state index contributed by atoms with van der Waals surface area (Å²) >= 11 is 0. The normalized spacial score (nSPS) is 17.9. The van der Waals surface area contributed by atoms with Gasteiger partial charge in [-0.05, 0) is 56.7 Å². The number of nitrogens with zero attached hydrogens (tertiary/aromatic N) is 5. The Balaban J connectivity index is 1.59. The molecule has 3 aromatic rings. The fraction of sp³-hybridized carbons (Fsp3) is 0.594. The molecule has 3 heterocycles. The number of pyridine rings is 1. The van der Waals surface area contributed by atoms with Crippen LogP contribution in [0.15, 0.2) is 18.3 Å². The molecule has 15 heteroatoms. The summed E-state index contributed by atoms with van der Waals surface area (Å²) in [6, 6.07) is 4.14. The van der Waals surface area contributed by atoms with Gasteiger partial charge in [-0.15, -0.1) is 0 Å². The van der Waals surface area contributed by atoms with Gasteiger partial charge in [-0.25, -0.2) is 18.1 Å². The lowest BCUT2D eigenvalue weighted by molar-refractivity contribution is -0.119. The first kappa shape index (κ1) is 36.4. The number of anilines is 1. The number of hydrogen-bond acceptors (Lipinski definition) is 8. The molecule has 12 nitrogen and oxygen atoms in total. The number of carbonyl (C=O) groups excluding carboxylic acids is 2. The second-order valence-electron chi connectivity index (χ2n) is 14.1. The van der Waals surface area contributed by atoms with Crippen LogP contribution in [0.2, 0.25) is 25.7 Å². The number of carbonyl (C=O) groups is 2. The van der Waals surface area contributed by atoms with Crippen LogP contribution in [0, 0.1) is 31.6 Å². The minimum absolute atomic E-state index is 0.00525. The number of aromatic nitrogens is 5. The number of aryl methyl sites for hydroxylation is 2. The summed E-state index contributed by atoms with van der Waals surface area (Å²) < 4.78 is 48.1. The molecular weight excluding hydrogens is 642 g/mol. The Morgan fingerprint density at radius 3 is 2.43 bits per heavy atom. The van der Waals surface area contributed by atoms with Gasteiger partial charge < -0.3 is 15.8 Å². The zero-order valence-electron chi connectivity index (χ0n) is 28.5. The zero-order chi connectivity index (χ0) is 34.7. The zero-order valence-corrected chi connectivity index (χ0v) is 30.3. The number of halogens is 1. The second kappa shape index (κ2) is 14.8. The predicted octanol–water partition coefficient (Wildman–Crippen LogP) is 4.90. The van der Waals surface area contributed by atoms with Crippen molar-refractivity contribution < 1.29 is 27.1 Å². The topological polar surface area (TPSA) is 164 Å². The third-order valence-electron chi connectivity index (χ3n) is 8.89. The van der Waals surface area contributed by atoms with Crippen molar-refractivity contribution in [3.8, 4) is 11.1 Å². The van der Waals surface area contributed by atoms with Gasteiger partial charge in [0.2, 0.25) is 11.9 Å². The number of amides is 2. The van der Waals surface area contributed by atoms with Crippen LogP contribution >= 0.6 is 0 Å². The number of hydrogen-bond donors (Lipinski definition) is 2. The molecule has 47 heavy (non-hydrogen) atoms. The molecule has 0 unspecified atom stereocenters. The van der Waals surface area contributed by atoms with Crippen molar-refractivity contribution in [1.82, 2.24) is 24.5 Å². The lowest BCUT2D eigenvalue weighted by atomic mass is 9.73. The number of nitrogens with two attached hydrogens (primary N) is 1. The van der Waals surface area contributed by atoms with E-state index in [4.69, 9.17) is 10.5 Å². The molecule has 3 N–H and O–H groups in total. The lowest BCUT2D eigenvalue weighted by Crippen LogP contribution is -2.32. The average Bonchev–Trinajstić information content (AvgIpc) is 3.50. The number of primary amides is 1. The average molecular weight is 690 g/mol. The highest BCUT2D eigenvalue weighted by Crippen LogP contribution is 2.40. The Kier molecular flexibility index (Phi) is 11.4. The summed E-state index contributed by atoms with van der Waals surface area (Å²) in [5, 5.41) is 11.6. The van der Waals surface area contributed by atoms with E-state index >= 15 is 4.39 Å². The number of sulfone groups is 1. The maximum atomic E-state index is 15.6. The molecule has 0 aromatic carbocycles. The van der Waals surface area contributed by atoms with Crippen molar-refractivity contribution in [1.29, 1.82) is 0 Å². The minimum Gasteiger partial charge on any atom is -0.364 e. The third kappa shape index (κ3) is 9.35. The second-order valence-corrected chi connectivity index (χ2v) is 22.0. The lowest BCUT2D eigenvalue weighted by Gasteiger charge is -2.32. The van der Waals surface area contributed by atoms with E-state index in [1.54, 1.807) is 23.7 Å². The fourth-order valence-corrected chi connectivity index (χ4v) is 7.44. The highest BCUT2D eigenvalue weighted by atomic mass is 32.2. The van der Waals surface area contributed by atoms with E-state index < -0.39 is 41.6 Å². The van der Waals surface area contributed by atoms with Crippen LogP contribution in [0.1, 0.15) is 66.0 Å². The Hall–Kier alpha value is -3.43. The third-order valence-corrected chi connectivity index (χ3v) is 11.5. The first-order valence-corrected chi connectivity index (χ1v) is 21.8. The van der Waals surface area contributed by atoms with E-state index in [0.717, 1.165) is 43.7 Å². The van der Waals surface area contributed by atoms with Crippen molar-refractivity contribution in [2.45, 2.75) is 91.3 Å². The Morgan fingerprint density at radius 2 is 1.83 bits per heavy atom.